The van der Waals surface area contributed by atoms with Crippen molar-refractivity contribution in [2.45, 2.75) is 0 Å². The molecule has 0 aliphatic rings. The Bertz CT molecular complexity index is 1060. The van der Waals surface area contributed by atoms with Crippen LogP contribution in [0.5, 0.6) is 5.75 Å². The molecule has 0 atom stereocenters. The summed E-state index contributed by atoms with van der Waals surface area (Å²) in [7, 11) is 1.48. The number of nitrogens with one attached hydrogen (secondary N) is 1. The van der Waals surface area contributed by atoms with Crippen LogP contribution in [-0.2, 0) is 0 Å². The zero-order valence-corrected chi connectivity index (χ0v) is 15.3. The van der Waals surface area contributed by atoms with Gasteiger partial charge < -0.3 is 9.15 Å². The van der Waals surface area contributed by atoms with E-state index in [4.69, 9.17) is 20.8 Å². The average molecular weight is 400 g/mol. The van der Waals surface area contributed by atoms with Gasteiger partial charge in [0.1, 0.15) is 17.3 Å². The summed E-state index contributed by atoms with van der Waals surface area (Å²) in [5, 5.41) is 14.8. The summed E-state index contributed by atoms with van der Waals surface area (Å²) >= 11 is 6.09. The summed E-state index contributed by atoms with van der Waals surface area (Å²) in [5.74, 6) is 0.782. The molecule has 1 heterocycles. The molecule has 1 amide bonds. The number of carbonyl (C=O) groups is 1. The van der Waals surface area contributed by atoms with Gasteiger partial charge in [0.05, 0.1) is 28.8 Å². The third kappa shape index (κ3) is 4.18. The van der Waals surface area contributed by atoms with Crippen LogP contribution in [0.2, 0.25) is 5.02 Å². The maximum atomic E-state index is 12.2. The maximum Gasteiger partial charge on any atom is 0.275 e. The van der Waals surface area contributed by atoms with Gasteiger partial charge in [-0.05, 0) is 30.3 Å². The van der Waals surface area contributed by atoms with E-state index in [1.807, 2.05) is 0 Å². The molecule has 0 fully saturated rings. The highest BCUT2D eigenvalue weighted by Gasteiger charge is 2.13. The van der Waals surface area contributed by atoms with Gasteiger partial charge in [0.15, 0.2) is 0 Å². The van der Waals surface area contributed by atoms with E-state index in [-0.39, 0.29) is 10.7 Å². The first-order valence-electron chi connectivity index (χ1n) is 8.00. The predicted octanol–water partition coefficient (Wildman–Crippen LogP) is 4.28. The Balaban J connectivity index is 1.71. The summed E-state index contributed by atoms with van der Waals surface area (Å²) in [4.78, 5) is 22.4. The lowest BCUT2D eigenvalue weighted by Crippen LogP contribution is -2.18. The van der Waals surface area contributed by atoms with E-state index in [9.17, 15) is 14.9 Å². The monoisotopic (exact) mass is 399 g/mol. The molecule has 0 aliphatic heterocycles. The van der Waals surface area contributed by atoms with Crippen LogP contribution in [0.25, 0.3) is 11.3 Å². The molecule has 142 valence electrons. The van der Waals surface area contributed by atoms with Crippen LogP contribution in [0, 0.1) is 10.1 Å². The Morgan fingerprint density at radius 2 is 2.04 bits per heavy atom. The summed E-state index contributed by atoms with van der Waals surface area (Å²) < 4.78 is 10.7. The van der Waals surface area contributed by atoms with Gasteiger partial charge in [0, 0.05) is 17.7 Å². The molecule has 0 spiro atoms. The topological polar surface area (TPSA) is 107 Å². The van der Waals surface area contributed by atoms with E-state index in [0.717, 1.165) is 0 Å². The quantitative estimate of drug-likeness (QED) is 0.378. The van der Waals surface area contributed by atoms with Crippen molar-refractivity contribution >= 4 is 29.4 Å². The van der Waals surface area contributed by atoms with Gasteiger partial charge in [0.25, 0.3) is 11.6 Å². The predicted molar refractivity (Wildman–Crippen MR) is 104 cm³/mol. The van der Waals surface area contributed by atoms with E-state index in [2.05, 4.69) is 10.5 Å². The standard InChI is InChI=1S/C19H14ClN3O5/c1-27-17-5-3-2-4-15(17)19(24)22-21-11-13-7-9-18(28-13)14-8-6-12(23(25)26)10-16(14)20/h2-11H,1H3,(H,22,24). The first-order chi connectivity index (χ1) is 13.5. The first kappa shape index (κ1) is 19.1. The Kier molecular flexibility index (Phi) is 5.71. The third-order valence-corrected chi connectivity index (χ3v) is 4.08. The molecule has 0 bridgehead atoms. The summed E-state index contributed by atoms with van der Waals surface area (Å²) in [6, 6.07) is 14.1. The van der Waals surface area contributed by atoms with Crippen LogP contribution in [0.4, 0.5) is 5.69 Å². The summed E-state index contributed by atoms with van der Waals surface area (Å²) in [6.45, 7) is 0. The van der Waals surface area contributed by atoms with Crippen molar-refractivity contribution in [3.05, 3.63) is 81.1 Å². The molecule has 2 aromatic carbocycles. The van der Waals surface area contributed by atoms with Gasteiger partial charge in [-0.25, -0.2) is 5.43 Å². The molecule has 3 rings (SSSR count). The first-order valence-corrected chi connectivity index (χ1v) is 8.38. The van der Waals surface area contributed by atoms with E-state index in [1.54, 1.807) is 36.4 Å². The molecular formula is C19H14ClN3O5. The number of hydrogen-bond donors (Lipinski definition) is 1. The minimum atomic E-state index is -0.527. The van der Waals surface area contributed by atoms with Crippen molar-refractivity contribution in [3.63, 3.8) is 0 Å². The number of hydrogen-bond acceptors (Lipinski definition) is 6. The minimum Gasteiger partial charge on any atom is -0.496 e. The number of halogens is 1. The van der Waals surface area contributed by atoms with E-state index < -0.39 is 10.8 Å². The normalized spacial score (nSPS) is 10.8. The van der Waals surface area contributed by atoms with Crippen molar-refractivity contribution in [1.29, 1.82) is 0 Å². The van der Waals surface area contributed by atoms with Crippen LogP contribution < -0.4 is 10.2 Å². The molecule has 3 aromatic rings. The van der Waals surface area contributed by atoms with Gasteiger partial charge >= 0.3 is 0 Å². The molecule has 8 nitrogen and oxygen atoms in total. The molecule has 0 radical (unpaired) electrons. The summed E-state index contributed by atoms with van der Waals surface area (Å²) in [6.07, 6.45) is 1.33. The fourth-order valence-corrected chi connectivity index (χ4v) is 2.70. The van der Waals surface area contributed by atoms with Crippen LogP contribution in [0.15, 0.2) is 64.1 Å². The molecule has 1 N–H and O–H groups in total. The van der Waals surface area contributed by atoms with Gasteiger partial charge in [0.2, 0.25) is 0 Å². The summed E-state index contributed by atoms with van der Waals surface area (Å²) in [5.41, 5.74) is 3.13. The molecular weight excluding hydrogens is 386 g/mol. The van der Waals surface area contributed by atoms with Crippen LogP contribution in [0.3, 0.4) is 0 Å². The minimum absolute atomic E-state index is 0.110. The lowest BCUT2D eigenvalue weighted by Gasteiger charge is -2.05. The largest absolute Gasteiger partial charge is 0.496 e. The average Bonchev–Trinajstić information content (AvgIpc) is 3.16. The number of rotatable bonds is 6. The number of benzene rings is 2. The van der Waals surface area contributed by atoms with Crippen molar-refractivity contribution < 1.29 is 18.9 Å². The Morgan fingerprint density at radius 3 is 2.75 bits per heavy atom. The van der Waals surface area contributed by atoms with E-state index in [1.165, 1.54) is 31.5 Å². The number of non-ortho nitro benzene ring substituents is 1. The SMILES string of the molecule is COc1ccccc1C(=O)NN=Cc1ccc(-c2ccc([N+](=O)[O-])cc2Cl)o1. The van der Waals surface area contributed by atoms with Gasteiger partial charge in [-0.3, -0.25) is 14.9 Å². The molecule has 1 aromatic heterocycles. The smallest absolute Gasteiger partial charge is 0.275 e. The number of furan rings is 1. The van der Waals surface area contributed by atoms with Crippen LogP contribution in [0.1, 0.15) is 16.1 Å². The Labute approximate surface area is 164 Å². The highest BCUT2D eigenvalue weighted by molar-refractivity contribution is 6.33. The van der Waals surface area contributed by atoms with Crippen molar-refractivity contribution in [3.8, 4) is 17.1 Å². The molecule has 0 aliphatic carbocycles. The highest BCUT2D eigenvalue weighted by atomic mass is 35.5. The number of hydrazone groups is 1. The number of methoxy groups -OCH3 is 1. The van der Waals surface area contributed by atoms with Crippen molar-refractivity contribution in [2.24, 2.45) is 5.10 Å². The number of amides is 1. The fourth-order valence-electron chi connectivity index (χ4n) is 2.43. The molecule has 0 saturated heterocycles. The Morgan fingerprint density at radius 1 is 1.25 bits per heavy atom. The van der Waals surface area contributed by atoms with E-state index in [0.29, 0.717) is 28.4 Å². The fraction of sp³-hybridized carbons (Fsp3) is 0.0526. The van der Waals surface area contributed by atoms with Crippen molar-refractivity contribution in [1.82, 2.24) is 5.43 Å². The zero-order valence-electron chi connectivity index (χ0n) is 14.6. The lowest BCUT2D eigenvalue weighted by atomic mass is 10.1. The second-order valence-corrected chi connectivity index (χ2v) is 5.93. The van der Waals surface area contributed by atoms with Gasteiger partial charge in [-0.2, -0.15) is 5.10 Å². The molecule has 0 unspecified atom stereocenters. The van der Waals surface area contributed by atoms with Gasteiger partial charge in [-0.1, -0.05) is 23.7 Å². The van der Waals surface area contributed by atoms with Crippen molar-refractivity contribution in [2.75, 3.05) is 7.11 Å². The zero-order chi connectivity index (χ0) is 20.1. The second kappa shape index (κ2) is 8.36. The highest BCUT2D eigenvalue weighted by Crippen LogP contribution is 2.32. The number of nitrogens with zero attached hydrogens (tertiary/aromatic N) is 2. The number of carbonyl (C=O) groups excluding carboxylic acids is 1. The number of ether oxygens (including phenoxy) is 1. The second-order valence-electron chi connectivity index (χ2n) is 5.52. The number of nitro benzene ring substituents is 1. The molecule has 9 heteroatoms. The van der Waals surface area contributed by atoms with Crippen LogP contribution in [-0.4, -0.2) is 24.2 Å². The lowest BCUT2D eigenvalue weighted by molar-refractivity contribution is -0.384. The van der Waals surface area contributed by atoms with E-state index >= 15 is 0 Å². The number of nitro groups is 1. The van der Waals surface area contributed by atoms with Crippen LogP contribution >= 0.6 is 11.6 Å². The maximum absolute atomic E-state index is 12.2. The molecule has 28 heavy (non-hydrogen) atoms. The number of para-hydroxylation sites is 1. The van der Waals surface area contributed by atoms with Gasteiger partial charge in [-0.15, -0.1) is 0 Å². The molecule has 0 saturated carbocycles. The third-order valence-electron chi connectivity index (χ3n) is 3.77. The Hall–Kier alpha value is -3.65.